The average Bonchev–Trinajstić information content (AvgIpc) is 2.72. The molecule has 116 valence electrons. The molecule has 1 aliphatic rings. The van der Waals surface area contributed by atoms with Crippen molar-refractivity contribution in [2.45, 2.75) is 19.6 Å². The molecule has 0 atom stereocenters. The zero-order valence-electron chi connectivity index (χ0n) is 12.0. The summed E-state index contributed by atoms with van der Waals surface area (Å²) in [7, 11) is 0. The minimum atomic E-state index is -0.443. The van der Waals surface area contributed by atoms with Gasteiger partial charge in [-0.2, -0.15) is 5.10 Å². The van der Waals surface area contributed by atoms with Gasteiger partial charge >= 0.3 is 0 Å². The van der Waals surface area contributed by atoms with Crippen LogP contribution >= 0.6 is 23.2 Å². The second kappa shape index (κ2) is 5.91. The molecule has 1 aromatic carbocycles. The molecule has 0 bridgehead atoms. The van der Waals surface area contributed by atoms with Crippen LogP contribution in [0, 0.1) is 6.92 Å². The van der Waals surface area contributed by atoms with Crippen molar-refractivity contribution < 1.29 is 9.90 Å². The fourth-order valence-corrected chi connectivity index (χ4v) is 2.98. The summed E-state index contributed by atoms with van der Waals surface area (Å²) >= 11 is 12.5. The number of aromatic nitrogens is 2. The van der Waals surface area contributed by atoms with E-state index in [0.717, 1.165) is 5.56 Å². The van der Waals surface area contributed by atoms with Crippen molar-refractivity contribution in [1.29, 1.82) is 0 Å². The van der Waals surface area contributed by atoms with Gasteiger partial charge in [0, 0.05) is 18.1 Å². The van der Waals surface area contributed by atoms with E-state index in [9.17, 15) is 9.90 Å². The summed E-state index contributed by atoms with van der Waals surface area (Å²) in [5.41, 5.74) is 1.84. The average molecular weight is 340 g/mol. The summed E-state index contributed by atoms with van der Waals surface area (Å²) in [6.45, 7) is 2.82. The predicted molar refractivity (Wildman–Crippen MR) is 84.4 cm³/mol. The lowest BCUT2D eigenvalue weighted by Gasteiger charge is -2.35. The quantitative estimate of drug-likeness (QED) is 0.933. The molecule has 2 aromatic rings. The van der Waals surface area contributed by atoms with Gasteiger partial charge in [-0.3, -0.25) is 4.79 Å². The molecular formula is C15H15Cl2N3O2. The third kappa shape index (κ3) is 2.72. The van der Waals surface area contributed by atoms with Gasteiger partial charge in [0.15, 0.2) is 0 Å². The highest BCUT2D eigenvalue weighted by Crippen LogP contribution is 2.25. The molecule has 3 rings (SSSR count). The first kappa shape index (κ1) is 15.3. The molecular weight excluding hydrogens is 325 g/mol. The summed E-state index contributed by atoms with van der Waals surface area (Å²) < 4.78 is 1.57. The van der Waals surface area contributed by atoms with E-state index in [2.05, 4.69) is 5.10 Å². The number of β-amino-alcohol motifs (C(OH)–C–C–N with tert-alkyl or cyclic N) is 1. The summed E-state index contributed by atoms with van der Waals surface area (Å²) in [5.74, 6) is -0.196. The van der Waals surface area contributed by atoms with E-state index in [1.54, 1.807) is 22.6 Å². The van der Waals surface area contributed by atoms with E-state index in [0.29, 0.717) is 41.1 Å². The lowest BCUT2D eigenvalue weighted by molar-refractivity contribution is 0.00584. The van der Waals surface area contributed by atoms with Crippen LogP contribution in [0.1, 0.15) is 21.6 Å². The second-order valence-corrected chi connectivity index (χ2v) is 6.13. The number of carbonyl (C=O) groups is 1. The molecule has 5 nitrogen and oxygen atoms in total. The van der Waals surface area contributed by atoms with Gasteiger partial charge in [-0.15, -0.1) is 0 Å². The van der Waals surface area contributed by atoms with Gasteiger partial charge in [-0.05, 0) is 18.6 Å². The molecule has 2 heterocycles. The number of amides is 1. The zero-order chi connectivity index (χ0) is 15.9. The van der Waals surface area contributed by atoms with Gasteiger partial charge in [0.25, 0.3) is 5.91 Å². The Morgan fingerprint density at radius 2 is 2.05 bits per heavy atom. The molecule has 7 heteroatoms. The van der Waals surface area contributed by atoms with E-state index in [1.165, 1.54) is 0 Å². The van der Waals surface area contributed by atoms with Crippen LogP contribution in [0.4, 0.5) is 0 Å². The zero-order valence-corrected chi connectivity index (χ0v) is 13.5. The Morgan fingerprint density at radius 3 is 2.68 bits per heavy atom. The Kier molecular flexibility index (Phi) is 4.12. The van der Waals surface area contributed by atoms with Gasteiger partial charge in [0.2, 0.25) is 0 Å². The number of aryl methyl sites for hydroxylation is 1. The van der Waals surface area contributed by atoms with Crippen molar-refractivity contribution in [3.8, 4) is 0 Å². The number of aliphatic hydroxyl groups is 1. The Morgan fingerprint density at radius 1 is 1.36 bits per heavy atom. The van der Waals surface area contributed by atoms with Crippen LogP contribution < -0.4 is 0 Å². The number of hydrogen-bond donors (Lipinski definition) is 1. The normalized spacial score (nSPS) is 15.0. The van der Waals surface area contributed by atoms with Crippen LogP contribution in [0.3, 0.4) is 0 Å². The van der Waals surface area contributed by atoms with Gasteiger partial charge in [0.05, 0.1) is 23.9 Å². The topological polar surface area (TPSA) is 58.4 Å². The summed E-state index contributed by atoms with van der Waals surface area (Å²) in [6, 6.07) is 7.43. The highest BCUT2D eigenvalue weighted by molar-refractivity contribution is 6.33. The van der Waals surface area contributed by atoms with Crippen molar-refractivity contribution in [3.05, 3.63) is 51.3 Å². The van der Waals surface area contributed by atoms with Gasteiger partial charge < -0.3 is 10.0 Å². The molecule has 0 saturated carbocycles. The number of likely N-dealkylation sites (tertiary alicyclic amines) is 1. The van der Waals surface area contributed by atoms with Gasteiger partial charge in [-0.25, -0.2) is 4.68 Å². The van der Waals surface area contributed by atoms with Crippen LogP contribution in [0.5, 0.6) is 0 Å². The maximum atomic E-state index is 12.4. The fraction of sp³-hybridized carbons (Fsp3) is 0.333. The number of nitrogens with zero attached hydrogens (tertiary/aromatic N) is 3. The van der Waals surface area contributed by atoms with Gasteiger partial charge in [0.1, 0.15) is 5.15 Å². The largest absolute Gasteiger partial charge is 0.389 e. The number of benzene rings is 1. The summed E-state index contributed by atoms with van der Waals surface area (Å²) in [6.07, 6.45) is -0.443. The van der Waals surface area contributed by atoms with Crippen molar-refractivity contribution in [2.75, 3.05) is 13.1 Å². The van der Waals surface area contributed by atoms with E-state index >= 15 is 0 Å². The fourth-order valence-electron chi connectivity index (χ4n) is 2.47. The number of halogens is 2. The van der Waals surface area contributed by atoms with Crippen LogP contribution in [-0.2, 0) is 6.54 Å². The van der Waals surface area contributed by atoms with Crippen molar-refractivity contribution in [2.24, 2.45) is 0 Å². The molecule has 1 aliphatic heterocycles. The van der Waals surface area contributed by atoms with Gasteiger partial charge in [-0.1, -0.05) is 41.4 Å². The number of carbonyl (C=O) groups excluding carboxylic acids is 1. The Bertz CT molecular complexity index is 724. The number of hydrogen-bond acceptors (Lipinski definition) is 3. The first-order valence-corrected chi connectivity index (χ1v) is 7.66. The molecule has 0 radical (unpaired) electrons. The summed E-state index contributed by atoms with van der Waals surface area (Å²) in [5, 5.41) is 14.6. The van der Waals surface area contributed by atoms with Crippen molar-refractivity contribution >= 4 is 29.1 Å². The summed E-state index contributed by atoms with van der Waals surface area (Å²) in [4.78, 5) is 14.0. The maximum absolute atomic E-state index is 12.4. The monoisotopic (exact) mass is 339 g/mol. The highest BCUT2D eigenvalue weighted by atomic mass is 35.5. The van der Waals surface area contributed by atoms with Crippen LogP contribution in [0.25, 0.3) is 0 Å². The minimum absolute atomic E-state index is 0.196. The Hall–Kier alpha value is -1.56. The molecule has 0 unspecified atom stereocenters. The number of aliphatic hydroxyl groups excluding tert-OH is 1. The van der Waals surface area contributed by atoms with E-state index in [4.69, 9.17) is 23.2 Å². The molecule has 1 amide bonds. The Labute approximate surface area is 138 Å². The van der Waals surface area contributed by atoms with Crippen LogP contribution in [0.15, 0.2) is 24.3 Å². The molecule has 22 heavy (non-hydrogen) atoms. The standard InChI is InChI=1S/C15H15Cl2N3O2/c1-9-13(15(22)19-7-11(21)8-19)14(17)20(18-9)6-10-4-2-3-5-12(10)16/h2-5,11,21H,6-8H2,1H3. The molecule has 0 aliphatic carbocycles. The second-order valence-electron chi connectivity index (χ2n) is 5.36. The van der Waals surface area contributed by atoms with Crippen molar-refractivity contribution in [1.82, 2.24) is 14.7 Å². The van der Waals surface area contributed by atoms with Crippen LogP contribution in [0.2, 0.25) is 10.2 Å². The third-order valence-corrected chi connectivity index (χ3v) is 4.46. The highest BCUT2D eigenvalue weighted by Gasteiger charge is 2.33. The molecule has 0 spiro atoms. The molecule has 1 saturated heterocycles. The first-order chi connectivity index (χ1) is 10.5. The minimum Gasteiger partial charge on any atom is -0.389 e. The molecule has 1 fully saturated rings. The van der Waals surface area contributed by atoms with E-state index in [1.807, 2.05) is 18.2 Å². The molecule has 1 N–H and O–H groups in total. The lowest BCUT2D eigenvalue weighted by atomic mass is 10.1. The first-order valence-electron chi connectivity index (χ1n) is 6.91. The molecule has 1 aromatic heterocycles. The van der Waals surface area contributed by atoms with Crippen LogP contribution in [-0.4, -0.2) is 44.9 Å². The lowest BCUT2D eigenvalue weighted by Crippen LogP contribution is -2.53. The van der Waals surface area contributed by atoms with Crippen molar-refractivity contribution in [3.63, 3.8) is 0 Å². The maximum Gasteiger partial charge on any atom is 0.259 e. The third-order valence-electron chi connectivity index (χ3n) is 3.71. The van der Waals surface area contributed by atoms with E-state index < -0.39 is 6.10 Å². The predicted octanol–water partition coefficient (Wildman–Crippen LogP) is 2.36. The SMILES string of the molecule is Cc1nn(Cc2ccccc2Cl)c(Cl)c1C(=O)N1CC(O)C1. The number of rotatable bonds is 3. The smallest absolute Gasteiger partial charge is 0.259 e. The Balaban J connectivity index is 1.87. The van der Waals surface area contributed by atoms with E-state index in [-0.39, 0.29) is 5.91 Å².